The number of thioether (sulfide) groups is 1. The summed E-state index contributed by atoms with van der Waals surface area (Å²) in [5.74, 6) is 6.51. The van der Waals surface area contributed by atoms with Crippen LogP contribution >= 0.6 is 39.3 Å². The van der Waals surface area contributed by atoms with Crippen molar-refractivity contribution >= 4 is 39.3 Å². The number of aromatic nitrogens is 2. The summed E-state index contributed by atoms with van der Waals surface area (Å²) in [7, 11) is 0. The number of hydrogen-bond donors (Lipinski definition) is 2. The lowest BCUT2D eigenvalue weighted by Gasteiger charge is -2.20. The molecular weight excluding hydrogens is 372 g/mol. The smallest absolute Gasteiger partial charge is 0.0734 e. The third-order valence-electron chi connectivity index (χ3n) is 3.05. The maximum atomic E-state index is 6.19. The van der Waals surface area contributed by atoms with Crippen LogP contribution in [0.2, 0.25) is 5.02 Å². The van der Waals surface area contributed by atoms with E-state index in [-0.39, 0.29) is 12.1 Å². The molecule has 0 spiro atoms. The summed E-state index contributed by atoms with van der Waals surface area (Å²) < 4.78 is 2.93. The Kier molecular flexibility index (Phi) is 6.13. The molecule has 0 aliphatic heterocycles. The van der Waals surface area contributed by atoms with Gasteiger partial charge in [0.2, 0.25) is 0 Å². The quantitative estimate of drug-likeness (QED) is 0.442. The van der Waals surface area contributed by atoms with Crippen molar-refractivity contribution in [2.45, 2.75) is 30.8 Å². The monoisotopic (exact) mass is 388 g/mol. The van der Waals surface area contributed by atoms with E-state index in [0.717, 1.165) is 25.8 Å². The first-order valence-corrected chi connectivity index (χ1v) is 8.76. The number of nitrogens with two attached hydrogens (primary N) is 1. The predicted molar refractivity (Wildman–Crippen MR) is 92.6 cm³/mol. The normalized spacial score (nSPS) is 12.9. The van der Waals surface area contributed by atoms with Gasteiger partial charge < -0.3 is 0 Å². The first-order chi connectivity index (χ1) is 10.0. The van der Waals surface area contributed by atoms with E-state index in [9.17, 15) is 0 Å². The molecule has 1 heterocycles. The number of nitrogens with zero attached hydrogens (tertiary/aromatic N) is 2. The topological polar surface area (TPSA) is 55.9 Å². The molecule has 3 N–H and O–H groups in total. The molecule has 4 nitrogen and oxygen atoms in total. The van der Waals surface area contributed by atoms with Gasteiger partial charge in [0.05, 0.1) is 27.4 Å². The van der Waals surface area contributed by atoms with Crippen LogP contribution < -0.4 is 11.3 Å². The molecule has 0 aliphatic carbocycles. The van der Waals surface area contributed by atoms with Crippen molar-refractivity contribution in [2.75, 3.05) is 5.75 Å². The van der Waals surface area contributed by atoms with Crippen LogP contribution in [-0.4, -0.2) is 15.5 Å². The van der Waals surface area contributed by atoms with E-state index >= 15 is 0 Å². The minimum absolute atomic E-state index is 0.0226. The molecule has 1 unspecified atom stereocenters. The van der Waals surface area contributed by atoms with Gasteiger partial charge in [0, 0.05) is 16.7 Å². The van der Waals surface area contributed by atoms with Crippen LogP contribution in [0.5, 0.6) is 0 Å². The first-order valence-electron chi connectivity index (χ1n) is 6.61. The number of hydrogen-bond acceptors (Lipinski definition) is 4. The fourth-order valence-electron chi connectivity index (χ4n) is 2.03. The van der Waals surface area contributed by atoms with Crippen molar-refractivity contribution in [3.05, 3.63) is 45.7 Å². The maximum Gasteiger partial charge on any atom is 0.0734 e. The van der Waals surface area contributed by atoms with Crippen molar-refractivity contribution in [3.63, 3.8) is 0 Å². The summed E-state index contributed by atoms with van der Waals surface area (Å²) >= 11 is 11.4. The Morgan fingerprint density at radius 3 is 2.76 bits per heavy atom. The van der Waals surface area contributed by atoms with Gasteiger partial charge in [-0.15, -0.1) is 11.8 Å². The lowest BCUT2D eigenvalue weighted by Crippen LogP contribution is -2.32. The standard InChI is InChI=1S/C14H18BrClN4S/c1-9(2)20-14(10(15)7-18-20)12(19-17)8-21-13-6-4-3-5-11(13)16/h3-7,9,12,19H,8,17H2,1-2H3. The van der Waals surface area contributed by atoms with Crippen LogP contribution in [-0.2, 0) is 0 Å². The molecule has 2 aromatic rings. The predicted octanol–water partition coefficient (Wildman–Crippen LogP) is 4.18. The van der Waals surface area contributed by atoms with Crippen LogP contribution in [0.3, 0.4) is 0 Å². The Morgan fingerprint density at radius 1 is 1.43 bits per heavy atom. The fraction of sp³-hybridized carbons (Fsp3) is 0.357. The molecule has 0 radical (unpaired) electrons. The third kappa shape index (κ3) is 4.02. The Balaban J connectivity index is 2.17. The van der Waals surface area contributed by atoms with Crippen LogP contribution in [0.15, 0.2) is 39.8 Å². The van der Waals surface area contributed by atoms with Crippen molar-refractivity contribution in [3.8, 4) is 0 Å². The van der Waals surface area contributed by atoms with Gasteiger partial charge in [-0.05, 0) is 41.9 Å². The fourth-order valence-corrected chi connectivity index (χ4v) is 3.86. The minimum Gasteiger partial charge on any atom is -0.271 e. The Hall–Kier alpha value is -0.530. The summed E-state index contributed by atoms with van der Waals surface area (Å²) in [5.41, 5.74) is 3.92. The number of benzene rings is 1. The van der Waals surface area contributed by atoms with Crippen LogP contribution in [0.1, 0.15) is 31.6 Å². The SMILES string of the molecule is CC(C)n1ncc(Br)c1C(CSc1ccccc1Cl)NN. The minimum atomic E-state index is -0.0226. The summed E-state index contributed by atoms with van der Waals surface area (Å²) in [6.07, 6.45) is 1.81. The largest absolute Gasteiger partial charge is 0.271 e. The van der Waals surface area contributed by atoms with Crippen LogP contribution in [0, 0.1) is 0 Å². The summed E-state index contributed by atoms with van der Waals surface area (Å²) in [6.45, 7) is 4.19. The molecule has 0 saturated carbocycles. The molecule has 0 amide bonds. The summed E-state index contributed by atoms with van der Waals surface area (Å²) in [5, 5.41) is 5.15. The molecule has 1 aromatic heterocycles. The van der Waals surface area contributed by atoms with E-state index < -0.39 is 0 Å². The summed E-state index contributed by atoms with van der Waals surface area (Å²) in [4.78, 5) is 1.05. The molecule has 0 saturated heterocycles. The van der Waals surface area contributed by atoms with Crippen molar-refractivity contribution in [2.24, 2.45) is 5.84 Å². The van der Waals surface area contributed by atoms with E-state index in [1.165, 1.54) is 0 Å². The van der Waals surface area contributed by atoms with Crippen LogP contribution in [0.25, 0.3) is 0 Å². The Labute approximate surface area is 142 Å². The average molecular weight is 390 g/mol. The van der Waals surface area contributed by atoms with Gasteiger partial charge in [-0.3, -0.25) is 16.0 Å². The van der Waals surface area contributed by atoms with Gasteiger partial charge in [-0.25, -0.2) is 0 Å². The zero-order valence-corrected chi connectivity index (χ0v) is 15.0. The molecular formula is C14H18BrClN4S. The molecule has 0 fully saturated rings. The highest BCUT2D eigenvalue weighted by molar-refractivity contribution is 9.10. The molecule has 114 valence electrons. The first kappa shape index (κ1) is 16.8. The van der Waals surface area contributed by atoms with Crippen molar-refractivity contribution in [1.82, 2.24) is 15.2 Å². The summed E-state index contributed by atoms with van der Waals surface area (Å²) in [6, 6.07) is 8.05. The Bertz CT molecular complexity index is 602. The van der Waals surface area contributed by atoms with Gasteiger partial charge in [-0.1, -0.05) is 23.7 Å². The number of halogens is 2. The number of rotatable bonds is 6. The van der Waals surface area contributed by atoms with Gasteiger partial charge in [0.25, 0.3) is 0 Å². The van der Waals surface area contributed by atoms with Crippen molar-refractivity contribution in [1.29, 1.82) is 0 Å². The Morgan fingerprint density at radius 2 is 2.14 bits per heavy atom. The molecule has 21 heavy (non-hydrogen) atoms. The third-order valence-corrected chi connectivity index (χ3v) is 5.27. The number of hydrazine groups is 1. The highest BCUT2D eigenvalue weighted by atomic mass is 79.9. The van der Waals surface area contributed by atoms with Crippen molar-refractivity contribution < 1.29 is 0 Å². The second-order valence-corrected chi connectivity index (χ2v) is 7.20. The molecule has 7 heteroatoms. The van der Waals surface area contributed by atoms with E-state index in [1.807, 2.05) is 28.9 Å². The average Bonchev–Trinajstić information content (AvgIpc) is 2.84. The van der Waals surface area contributed by atoms with Crippen LogP contribution in [0.4, 0.5) is 0 Å². The molecule has 1 atom stereocenters. The van der Waals surface area contributed by atoms with E-state index in [0.29, 0.717) is 0 Å². The van der Waals surface area contributed by atoms with E-state index in [4.69, 9.17) is 17.4 Å². The molecule has 2 rings (SSSR count). The van der Waals surface area contributed by atoms with Gasteiger partial charge >= 0.3 is 0 Å². The van der Waals surface area contributed by atoms with Gasteiger partial charge in [0.1, 0.15) is 0 Å². The maximum absolute atomic E-state index is 6.19. The highest BCUT2D eigenvalue weighted by Crippen LogP contribution is 2.32. The lowest BCUT2D eigenvalue weighted by atomic mass is 10.2. The van der Waals surface area contributed by atoms with Gasteiger partial charge in [0.15, 0.2) is 0 Å². The van der Waals surface area contributed by atoms with Gasteiger partial charge in [-0.2, -0.15) is 5.10 Å². The molecule has 0 bridgehead atoms. The van der Waals surface area contributed by atoms with E-state index in [2.05, 4.69) is 40.3 Å². The zero-order chi connectivity index (χ0) is 15.4. The second kappa shape index (κ2) is 7.65. The highest BCUT2D eigenvalue weighted by Gasteiger charge is 2.21. The number of nitrogens with one attached hydrogen (secondary N) is 1. The zero-order valence-electron chi connectivity index (χ0n) is 11.9. The molecule has 0 aliphatic rings. The second-order valence-electron chi connectivity index (χ2n) is 4.88. The van der Waals surface area contributed by atoms with E-state index in [1.54, 1.807) is 18.0 Å². The lowest BCUT2D eigenvalue weighted by molar-refractivity contribution is 0.467. The molecule has 1 aromatic carbocycles.